The van der Waals surface area contributed by atoms with Crippen LogP contribution in [0.2, 0.25) is 0 Å². The minimum atomic E-state index is -0.163. The fourth-order valence-electron chi connectivity index (χ4n) is 2.84. The smallest absolute Gasteiger partial charge is 0.323 e. The van der Waals surface area contributed by atoms with Gasteiger partial charge in [0.15, 0.2) is 0 Å². The molecule has 2 rings (SSSR count). The van der Waals surface area contributed by atoms with Gasteiger partial charge in [0.2, 0.25) is 0 Å². The Morgan fingerprint density at radius 3 is 2.59 bits per heavy atom. The summed E-state index contributed by atoms with van der Waals surface area (Å²) in [4.78, 5) is 11.6. The van der Waals surface area contributed by atoms with Crippen molar-refractivity contribution in [1.82, 2.24) is 5.32 Å². The van der Waals surface area contributed by atoms with Crippen molar-refractivity contribution < 1.29 is 14.6 Å². The molecule has 2 saturated carbocycles. The molecule has 0 aromatic carbocycles. The third-order valence-corrected chi connectivity index (χ3v) is 4.25. The Morgan fingerprint density at radius 1 is 1.47 bits per heavy atom. The van der Waals surface area contributed by atoms with E-state index in [1.807, 2.05) is 0 Å². The number of aliphatic hydroxyl groups is 1. The van der Waals surface area contributed by atoms with Crippen LogP contribution in [-0.2, 0) is 9.53 Å². The number of methoxy groups -OCH3 is 1. The van der Waals surface area contributed by atoms with Crippen LogP contribution < -0.4 is 5.32 Å². The highest BCUT2D eigenvalue weighted by atomic mass is 16.5. The summed E-state index contributed by atoms with van der Waals surface area (Å²) in [5.74, 6) is 0.290. The SMILES string of the molecule is COC(=O)C(NCC1(CO)CCCC1)C1CC1. The molecule has 98 valence electrons. The van der Waals surface area contributed by atoms with E-state index in [1.165, 1.54) is 20.0 Å². The number of carbonyl (C=O) groups excluding carboxylic acids is 1. The van der Waals surface area contributed by atoms with Crippen molar-refractivity contribution in [2.24, 2.45) is 11.3 Å². The first kappa shape index (κ1) is 12.8. The van der Waals surface area contributed by atoms with Crippen molar-refractivity contribution in [3.05, 3.63) is 0 Å². The van der Waals surface area contributed by atoms with E-state index >= 15 is 0 Å². The van der Waals surface area contributed by atoms with Crippen LogP contribution in [0.3, 0.4) is 0 Å². The van der Waals surface area contributed by atoms with Crippen LogP contribution in [0.5, 0.6) is 0 Å². The second-order valence-electron chi connectivity index (χ2n) is 5.58. The number of esters is 1. The first-order chi connectivity index (χ1) is 8.21. The zero-order chi connectivity index (χ0) is 12.3. The molecule has 0 radical (unpaired) electrons. The summed E-state index contributed by atoms with van der Waals surface area (Å²) in [6, 6.07) is -0.163. The number of nitrogens with one attached hydrogen (secondary N) is 1. The molecule has 0 amide bonds. The van der Waals surface area contributed by atoms with E-state index in [4.69, 9.17) is 4.74 Å². The summed E-state index contributed by atoms with van der Waals surface area (Å²) in [6.45, 7) is 0.957. The molecule has 2 aliphatic rings. The second kappa shape index (κ2) is 5.36. The molecule has 0 saturated heterocycles. The van der Waals surface area contributed by atoms with Crippen molar-refractivity contribution in [3.8, 4) is 0 Å². The monoisotopic (exact) mass is 241 g/mol. The highest BCUT2D eigenvalue weighted by Gasteiger charge is 2.40. The molecule has 4 nitrogen and oxygen atoms in total. The van der Waals surface area contributed by atoms with Gasteiger partial charge in [-0.2, -0.15) is 0 Å². The van der Waals surface area contributed by atoms with Gasteiger partial charge in [-0.3, -0.25) is 4.79 Å². The van der Waals surface area contributed by atoms with E-state index < -0.39 is 0 Å². The molecule has 4 heteroatoms. The fraction of sp³-hybridized carbons (Fsp3) is 0.923. The van der Waals surface area contributed by atoms with Crippen LogP contribution in [0, 0.1) is 11.3 Å². The number of rotatable bonds is 6. The summed E-state index contributed by atoms with van der Waals surface area (Å²) in [5.41, 5.74) is 0.00115. The first-order valence-corrected chi connectivity index (χ1v) is 6.63. The molecule has 2 fully saturated rings. The third kappa shape index (κ3) is 2.99. The molecule has 0 aromatic rings. The highest BCUT2D eigenvalue weighted by Crippen LogP contribution is 2.38. The molecule has 1 atom stereocenters. The van der Waals surface area contributed by atoms with Gasteiger partial charge >= 0.3 is 5.97 Å². The topological polar surface area (TPSA) is 58.6 Å². The summed E-state index contributed by atoms with van der Waals surface area (Å²) in [7, 11) is 1.44. The maximum Gasteiger partial charge on any atom is 0.323 e. The highest BCUT2D eigenvalue weighted by molar-refractivity contribution is 5.76. The molecular formula is C13H23NO3. The van der Waals surface area contributed by atoms with E-state index in [1.54, 1.807) is 0 Å². The Hall–Kier alpha value is -0.610. The first-order valence-electron chi connectivity index (χ1n) is 6.63. The molecule has 0 spiro atoms. The van der Waals surface area contributed by atoms with Gasteiger partial charge in [0.05, 0.1) is 7.11 Å². The predicted octanol–water partition coefficient (Wildman–Crippen LogP) is 1.08. The van der Waals surface area contributed by atoms with Crippen LogP contribution >= 0.6 is 0 Å². The fourth-order valence-corrected chi connectivity index (χ4v) is 2.84. The van der Waals surface area contributed by atoms with Crippen LogP contribution in [0.1, 0.15) is 38.5 Å². The minimum absolute atomic E-state index is 0.00115. The summed E-state index contributed by atoms with van der Waals surface area (Å²) < 4.78 is 4.83. The van der Waals surface area contributed by atoms with Crippen molar-refractivity contribution >= 4 is 5.97 Å². The minimum Gasteiger partial charge on any atom is -0.468 e. The third-order valence-electron chi connectivity index (χ3n) is 4.25. The van der Waals surface area contributed by atoms with Gasteiger partial charge in [0.1, 0.15) is 6.04 Å². The Balaban J connectivity index is 1.87. The Bertz CT molecular complexity index is 270. The second-order valence-corrected chi connectivity index (χ2v) is 5.58. The van der Waals surface area contributed by atoms with Gasteiger partial charge in [-0.25, -0.2) is 0 Å². The van der Waals surface area contributed by atoms with E-state index in [-0.39, 0.29) is 24.0 Å². The molecule has 0 bridgehead atoms. The maximum absolute atomic E-state index is 11.6. The summed E-state index contributed by atoms with van der Waals surface area (Å²) >= 11 is 0. The van der Waals surface area contributed by atoms with Crippen LogP contribution in [0.15, 0.2) is 0 Å². The Kier molecular flexibility index (Phi) is 4.05. The number of hydrogen-bond donors (Lipinski definition) is 2. The van der Waals surface area contributed by atoms with Gasteiger partial charge in [-0.15, -0.1) is 0 Å². The maximum atomic E-state index is 11.6. The van der Waals surface area contributed by atoms with Gasteiger partial charge in [-0.05, 0) is 31.6 Å². The van der Waals surface area contributed by atoms with Gasteiger partial charge in [-0.1, -0.05) is 12.8 Å². The van der Waals surface area contributed by atoms with Gasteiger partial charge in [0, 0.05) is 18.6 Å². The van der Waals surface area contributed by atoms with Gasteiger partial charge in [0.25, 0.3) is 0 Å². The molecule has 2 aliphatic carbocycles. The standard InChI is InChI=1S/C13H23NO3/c1-17-12(16)11(10-4-5-10)14-8-13(9-15)6-2-3-7-13/h10-11,14-15H,2-9H2,1H3. The average molecular weight is 241 g/mol. The number of aliphatic hydroxyl groups excluding tert-OH is 1. The van der Waals surface area contributed by atoms with Crippen molar-refractivity contribution in [2.45, 2.75) is 44.6 Å². The number of carbonyl (C=O) groups is 1. The molecule has 17 heavy (non-hydrogen) atoms. The van der Waals surface area contributed by atoms with Crippen LogP contribution in [0.25, 0.3) is 0 Å². The molecule has 2 N–H and O–H groups in total. The predicted molar refractivity (Wildman–Crippen MR) is 64.5 cm³/mol. The normalized spacial score (nSPS) is 24.6. The van der Waals surface area contributed by atoms with Crippen LogP contribution in [0.4, 0.5) is 0 Å². The zero-order valence-electron chi connectivity index (χ0n) is 10.6. The lowest BCUT2D eigenvalue weighted by atomic mass is 9.87. The van der Waals surface area contributed by atoms with Crippen molar-refractivity contribution in [2.75, 3.05) is 20.3 Å². The average Bonchev–Trinajstić information content (AvgIpc) is 3.08. The van der Waals surface area contributed by atoms with E-state index in [2.05, 4.69) is 5.32 Å². The van der Waals surface area contributed by atoms with Crippen molar-refractivity contribution in [1.29, 1.82) is 0 Å². The molecule has 0 aromatic heterocycles. The largest absolute Gasteiger partial charge is 0.468 e. The zero-order valence-corrected chi connectivity index (χ0v) is 10.6. The molecule has 0 aliphatic heterocycles. The quantitative estimate of drug-likeness (QED) is 0.683. The van der Waals surface area contributed by atoms with E-state index in [0.29, 0.717) is 5.92 Å². The number of ether oxygens (including phenoxy) is 1. The number of hydrogen-bond acceptors (Lipinski definition) is 4. The Labute approximate surface area is 103 Å². The molecular weight excluding hydrogens is 218 g/mol. The van der Waals surface area contributed by atoms with Gasteiger partial charge < -0.3 is 15.2 Å². The molecule has 0 heterocycles. The lowest BCUT2D eigenvalue weighted by molar-refractivity contribution is -0.143. The lowest BCUT2D eigenvalue weighted by Gasteiger charge is -2.29. The van der Waals surface area contributed by atoms with E-state index in [9.17, 15) is 9.90 Å². The van der Waals surface area contributed by atoms with Crippen LogP contribution in [-0.4, -0.2) is 37.4 Å². The molecule has 1 unspecified atom stereocenters. The summed E-state index contributed by atoms with van der Waals surface area (Å²) in [5, 5.41) is 12.9. The van der Waals surface area contributed by atoms with E-state index in [0.717, 1.165) is 32.2 Å². The summed E-state index contributed by atoms with van der Waals surface area (Å²) in [6.07, 6.45) is 6.73. The van der Waals surface area contributed by atoms with Crippen molar-refractivity contribution in [3.63, 3.8) is 0 Å². The lowest BCUT2D eigenvalue weighted by Crippen LogP contribution is -2.45. The Morgan fingerprint density at radius 2 is 2.12 bits per heavy atom.